The summed E-state index contributed by atoms with van der Waals surface area (Å²) in [5, 5.41) is 11.0. The second-order valence-electron chi connectivity index (χ2n) is 9.75. The summed E-state index contributed by atoms with van der Waals surface area (Å²) < 4.78 is 18.1. The molecule has 32 heavy (non-hydrogen) atoms. The van der Waals surface area contributed by atoms with Gasteiger partial charge in [0.25, 0.3) is 0 Å². The first kappa shape index (κ1) is 24.4. The number of carbonyl (C=O) groups is 1. The Labute approximate surface area is 192 Å². The lowest BCUT2D eigenvalue weighted by atomic mass is 10.1. The first-order chi connectivity index (χ1) is 15.1. The van der Waals surface area contributed by atoms with Crippen LogP contribution in [0.4, 0.5) is 0 Å². The van der Waals surface area contributed by atoms with E-state index in [0.717, 1.165) is 11.1 Å². The van der Waals surface area contributed by atoms with E-state index in [2.05, 4.69) is 33.9 Å². The second-order valence-corrected chi connectivity index (χ2v) is 14.5. The molecule has 0 saturated heterocycles. The fourth-order valence-electron chi connectivity index (χ4n) is 3.30. The van der Waals surface area contributed by atoms with Crippen LogP contribution in [0.25, 0.3) is 0 Å². The fourth-order valence-corrected chi connectivity index (χ4v) is 4.58. The number of hydrogen-bond donors (Lipinski definition) is 1. The third kappa shape index (κ3) is 5.95. The van der Waals surface area contributed by atoms with Gasteiger partial charge in [0, 0.05) is 0 Å². The average molecular weight is 455 g/mol. The molecule has 0 aliphatic heterocycles. The van der Waals surface area contributed by atoms with Gasteiger partial charge in [0.1, 0.15) is 12.2 Å². The SMILES string of the molecule is CC(C)(C)[Si](C)(C)O[C@H]1C(COCc2ccccc2)=C[C@@H](OC(=O)c2ccccc2)[C@H]1O. The molecule has 0 fully saturated rings. The van der Waals surface area contributed by atoms with Crippen LogP contribution >= 0.6 is 0 Å². The highest BCUT2D eigenvalue weighted by atomic mass is 28.4. The minimum atomic E-state index is -2.19. The largest absolute Gasteiger partial charge is 0.452 e. The number of benzene rings is 2. The predicted octanol–water partition coefficient (Wildman–Crippen LogP) is 5.12. The maximum Gasteiger partial charge on any atom is 0.338 e. The summed E-state index contributed by atoms with van der Waals surface area (Å²) >= 11 is 0. The lowest BCUT2D eigenvalue weighted by molar-refractivity contribution is -0.0284. The van der Waals surface area contributed by atoms with Crippen molar-refractivity contribution in [3.63, 3.8) is 0 Å². The third-order valence-corrected chi connectivity index (χ3v) is 10.7. The highest BCUT2D eigenvalue weighted by molar-refractivity contribution is 6.74. The zero-order valence-corrected chi connectivity index (χ0v) is 20.6. The topological polar surface area (TPSA) is 65.0 Å². The Morgan fingerprint density at radius 2 is 1.56 bits per heavy atom. The molecule has 5 nitrogen and oxygen atoms in total. The van der Waals surface area contributed by atoms with Crippen molar-refractivity contribution in [2.75, 3.05) is 6.61 Å². The number of rotatable bonds is 8. The molecule has 2 aromatic rings. The van der Waals surface area contributed by atoms with Gasteiger partial charge in [-0.2, -0.15) is 0 Å². The molecule has 0 aromatic heterocycles. The van der Waals surface area contributed by atoms with Crippen LogP contribution in [0.15, 0.2) is 72.3 Å². The van der Waals surface area contributed by atoms with Gasteiger partial charge >= 0.3 is 5.97 Å². The van der Waals surface area contributed by atoms with Crippen LogP contribution in [0, 0.1) is 0 Å². The van der Waals surface area contributed by atoms with Crippen molar-refractivity contribution in [1.82, 2.24) is 0 Å². The molecule has 3 rings (SSSR count). The van der Waals surface area contributed by atoms with Crippen molar-refractivity contribution in [1.29, 1.82) is 0 Å². The van der Waals surface area contributed by atoms with E-state index in [4.69, 9.17) is 13.9 Å². The number of esters is 1. The molecule has 3 atom stereocenters. The number of aliphatic hydroxyl groups is 1. The molecule has 1 aliphatic rings. The van der Waals surface area contributed by atoms with Gasteiger partial charge in [0.15, 0.2) is 8.32 Å². The molecule has 0 amide bonds. The molecule has 1 aliphatic carbocycles. The minimum absolute atomic E-state index is 0.0263. The first-order valence-electron chi connectivity index (χ1n) is 11.0. The van der Waals surface area contributed by atoms with Gasteiger partial charge in [-0.15, -0.1) is 0 Å². The fraction of sp³-hybridized carbons (Fsp3) is 0.423. The zero-order valence-electron chi connectivity index (χ0n) is 19.6. The molecule has 0 bridgehead atoms. The molecule has 0 heterocycles. The second kappa shape index (κ2) is 10.1. The summed E-state index contributed by atoms with van der Waals surface area (Å²) in [6, 6.07) is 18.7. The molecule has 6 heteroatoms. The first-order valence-corrected chi connectivity index (χ1v) is 13.9. The van der Waals surface area contributed by atoms with Crippen LogP contribution in [-0.2, 0) is 20.5 Å². The normalized spacial score (nSPS) is 21.3. The van der Waals surface area contributed by atoms with Crippen molar-refractivity contribution in [3.05, 3.63) is 83.4 Å². The molecule has 2 aromatic carbocycles. The van der Waals surface area contributed by atoms with Crippen molar-refractivity contribution in [2.24, 2.45) is 0 Å². The Morgan fingerprint density at radius 3 is 2.16 bits per heavy atom. The summed E-state index contributed by atoms with van der Waals surface area (Å²) in [5.41, 5.74) is 2.33. The maximum absolute atomic E-state index is 12.6. The zero-order chi connectivity index (χ0) is 23.4. The van der Waals surface area contributed by atoms with Crippen molar-refractivity contribution < 1.29 is 23.8 Å². The van der Waals surface area contributed by atoms with Crippen LogP contribution in [0.2, 0.25) is 18.1 Å². The Kier molecular flexibility index (Phi) is 7.72. The van der Waals surface area contributed by atoms with E-state index in [9.17, 15) is 9.90 Å². The third-order valence-electron chi connectivity index (χ3n) is 6.25. The van der Waals surface area contributed by atoms with E-state index in [-0.39, 0.29) is 5.04 Å². The standard InChI is InChI=1S/C26H34O5Si/c1-26(2,3)32(4,5)31-24-21(18-29-17-19-12-8-6-9-13-19)16-22(23(24)27)30-25(28)20-14-10-7-11-15-20/h6-16,22-24,27H,17-18H2,1-5H3/t22-,23-,24+/m1/s1. The summed E-state index contributed by atoms with van der Waals surface area (Å²) in [7, 11) is -2.19. The molecule has 0 saturated carbocycles. The Morgan fingerprint density at radius 1 is 0.969 bits per heavy atom. The van der Waals surface area contributed by atoms with E-state index in [1.54, 1.807) is 30.3 Å². The average Bonchev–Trinajstić information content (AvgIpc) is 3.03. The molecule has 0 unspecified atom stereocenters. The minimum Gasteiger partial charge on any atom is -0.452 e. The van der Waals surface area contributed by atoms with E-state index in [1.807, 2.05) is 36.4 Å². The van der Waals surface area contributed by atoms with Crippen LogP contribution in [0.3, 0.4) is 0 Å². The van der Waals surface area contributed by atoms with E-state index >= 15 is 0 Å². The van der Waals surface area contributed by atoms with Crippen LogP contribution in [0.1, 0.15) is 36.7 Å². The molecule has 0 spiro atoms. The summed E-state index contributed by atoms with van der Waals surface area (Å²) in [6.07, 6.45) is -0.547. The Bertz CT molecular complexity index is 918. The van der Waals surface area contributed by atoms with Crippen LogP contribution in [0.5, 0.6) is 0 Å². The molecule has 172 valence electrons. The molecule has 1 N–H and O–H groups in total. The summed E-state index contributed by atoms with van der Waals surface area (Å²) in [5.74, 6) is -0.469. The number of hydrogen-bond acceptors (Lipinski definition) is 5. The van der Waals surface area contributed by atoms with Crippen molar-refractivity contribution >= 4 is 14.3 Å². The number of aliphatic hydroxyl groups excluding tert-OH is 1. The molecule has 0 radical (unpaired) electrons. The summed E-state index contributed by atoms with van der Waals surface area (Å²) in [6.45, 7) is 11.5. The summed E-state index contributed by atoms with van der Waals surface area (Å²) in [4.78, 5) is 12.6. The molecular formula is C26H34O5Si. The van der Waals surface area contributed by atoms with Gasteiger partial charge in [-0.25, -0.2) is 4.79 Å². The van der Waals surface area contributed by atoms with E-state index < -0.39 is 32.6 Å². The number of ether oxygens (including phenoxy) is 2. The van der Waals surface area contributed by atoms with Gasteiger partial charge in [0.05, 0.1) is 24.9 Å². The van der Waals surface area contributed by atoms with Gasteiger partial charge in [-0.05, 0) is 47.5 Å². The Balaban J connectivity index is 1.75. The molecular weight excluding hydrogens is 420 g/mol. The smallest absolute Gasteiger partial charge is 0.338 e. The van der Waals surface area contributed by atoms with Crippen molar-refractivity contribution in [2.45, 2.75) is 63.8 Å². The van der Waals surface area contributed by atoms with Crippen molar-refractivity contribution in [3.8, 4) is 0 Å². The highest BCUT2D eigenvalue weighted by Crippen LogP contribution is 2.40. The van der Waals surface area contributed by atoms with Gasteiger partial charge in [-0.1, -0.05) is 69.3 Å². The highest BCUT2D eigenvalue weighted by Gasteiger charge is 2.46. The quantitative estimate of drug-likeness (QED) is 0.341. The van der Waals surface area contributed by atoms with E-state index in [0.29, 0.717) is 18.8 Å². The number of carbonyl (C=O) groups excluding carboxylic acids is 1. The van der Waals surface area contributed by atoms with E-state index in [1.165, 1.54) is 0 Å². The lowest BCUT2D eigenvalue weighted by Gasteiger charge is -2.40. The van der Waals surface area contributed by atoms with Gasteiger partial charge < -0.3 is 19.0 Å². The van der Waals surface area contributed by atoms with Gasteiger partial charge in [-0.3, -0.25) is 0 Å². The van der Waals surface area contributed by atoms with Crippen LogP contribution < -0.4 is 0 Å². The monoisotopic (exact) mass is 454 g/mol. The predicted molar refractivity (Wildman–Crippen MR) is 128 cm³/mol. The maximum atomic E-state index is 12.6. The Hall–Kier alpha value is -2.25. The lowest BCUT2D eigenvalue weighted by Crippen LogP contribution is -2.48. The van der Waals surface area contributed by atoms with Gasteiger partial charge in [0.2, 0.25) is 0 Å². The van der Waals surface area contributed by atoms with Crippen LogP contribution in [-0.4, -0.2) is 44.3 Å².